The van der Waals surface area contributed by atoms with Crippen molar-refractivity contribution in [2.45, 2.75) is 37.7 Å². The monoisotopic (exact) mass is 337 g/mol. The van der Waals surface area contributed by atoms with E-state index >= 15 is 0 Å². The van der Waals surface area contributed by atoms with Crippen molar-refractivity contribution in [3.63, 3.8) is 0 Å². The van der Waals surface area contributed by atoms with Crippen LogP contribution in [0, 0.1) is 5.92 Å². The van der Waals surface area contributed by atoms with Crippen LogP contribution in [0.3, 0.4) is 0 Å². The first-order valence-electron chi connectivity index (χ1n) is 8.34. The number of ether oxygens (including phenoxy) is 1. The van der Waals surface area contributed by atoms with E-state index in [0.29, 0.717) is 44.2 Å². The molecule has 1 amide bonds. The van der Waals surface area contributed by atoms with Crippen LogP contribution in [-0.4, -0.2) is 48.3 Å². The summed E-state index contributed by atoms with van der Waals surface area (Å²) in [5.74, 6) is 0.352. The molecule has 2 unspecified atom stereocenters. The maximum atomic E-state index is 13.4. The Kier molecular flexibility index (Phi) is 4.95. The third kappa shape index (κ3) is 3.25. The molecular weight excluding hydrogens is 314 g/mol. The van der Waals surface area contributed by atoms with Crippen LogP contribution in [-0.2, 0) is 14.9 Å². The number of aliphatic hydroxyl groups is 1. The van der Waals surface area contributed by atoms with E-state index < -0.39 is 11.5 Å². The normalized spacial score (nSPS) is 27.7. The van der Waals surface area contributed by atoms with Crippen LogP contribution >= 0.6 is 11.6 Å². The van der Waals surface area contributed by atoms with Crippen molar-refractivity contribution >= 4 is 17.5 Å². The third-order valence-electron chi connectivity index (χ3n) is 5.34. The van der Waals surface area contributed by atoms with Gasteiger partial charge < -0.3 is 14.7 Å². The molecule has 2 atom stereocenters. The van der Waals surface area contributed by atoms with E-state index in [1.54, 1.807) is 0 Å². The van der Waals surface area contributed by atoms with Crippen LogP contribution in [0.4, 0.5) is 0 Å². The first kappa shape index (κ1) is 16.7. The Morgan fingerprint density at radius 2 is 2.13 bits per heavy atom. The number of halogens is 1. The minimum atomic E-state index is -0.580. The van der Waals surface area contributed by atoms with Crippen molar-refractivity contribution in [2.24, 2.45) is 5.92 Å². The minimum absolute atomic E-state index is 0.106. The van der Waals surface area contributed by atoms with Crippen LogP contribution in [0.15, 0.2) is 24.3 Å². The highest BCUT2D eigenvalue weighted by atomic mass is 35.5. The Hall–Kier alpha value is -1.10. The van der Waals surface area contributed by atoms with Gasteiger partial charge in [-0.05, 0) is 42.9 Å². The molecule has 2 aliphatic heterocycles. The lowest BCUT2D eigenvalue weighted by atomic mass is 9.72. The summed E-state index contributed by atoms with van der Waals surface area (Å²) in [6.45, 7) is 4.31. The van der Waals surface area contributed by atoms with Crippen LogP contribution in [0.25, 0.3) is 0 Å². The molecule has 0 aromatic heterocycles. The quantitative estimate of drug-likeness (QED) is 0.902. The molecule has 1 aromatic carbocycles. The number of amides is 1. The molecule has 0 saturated carbocycles. The van der Waals surface area contributed by atoms with Gasteiger partial charge in [0.05, 0.1) is 11.5 Å². The molecule has 3 rings (SSSR count). The lowest BCUT2D eigenvalue weighted by molar-refractivity contribution is -0.145. The number of carbonyl (C=O) groups is 1. The highest BCUT2D eigenvalue weighted by Crippen LogP contribution is 2.38. The number of nitrogens with zero attached hydrogens (tertiary/aromatic N) is 1. The van der Waals surface area contributed by atoms with Gasteiger partial charge in [-0.15, -0.1) is 0 Å². The number of aliphatic hydroxyl groups excluding tert-OH is 1. The van der Waals surface area contributed by atoms with Gasteiger partial charge in [0, 0.05) is 31.3 Å². The fourth-order valence-corrected chi connectivity index (χ4v) is 3.86. The van der Waals surface area contributed by atoms with Gasteiger partial charge in [0.1, 0.15) is 0 Å². The number of hydrogen-bond acceptors (Lipinski definition) is 3. The fourth-order valence-electron chi connectivity index (χ4n) is 3.67. The first-order chi connectivity index (χ1) is 11.0. The Labute approximate surface area is 142 Å². The van der Waals surface area contributed by atoms with Gasteiger partial charge in [0.15, 0.2) is 0 Å². The van der Waals surface area contributed by atoms with E-state index in [4.69, 9.17) is 16.3 Å². The van der Waals surface area contributed by atoms with Gasteiger partial charge >= 0.3 is 0 Å². The molecule has 4 nitrogen and oxygen atoms in total. The van der Waals surface area contributed by atoms with Crippen LogP contribution in [0.1, 0.15) is 31.7 Å². The Balaban J connectivity index is 1.91. The topological polar surface area (TPSA) is 49.8 Å². The highest BCUT2D eigenvalue weighted by molar-refractivity contribution is 6.30. The zero-order valence-electron chi connectivity index (χ0n) is 13.5. The van der Waals surface area contributed by atoms with Crippen LogP contribution in [0.2, 0.25) is 5.02 Å². The molecule has 0 aliphatic carbocycles. The van der Waals surface area contributed by atoms with Crippen molar-refractivity contribution in [1.82, 2.24) is 4.90 Å². The van der Waals surface area contributed by atoms with Gasteiger partial charge in [-0.1, -0.05) is 30.7 Å². The summed E-state index contributed by atoms with van der Waals surface area (Å²) in [4.78, 5) is 15.2. The average Bonchev–Trinajstić information content (AvgIpc) is 2.57. The molecular formula is C18H24ClNO3. The second kappa shape index (κ2) is 6.80. The third-order valence-corrected chi connectivity index (χ3v) is 5.57. The molecule has 1 aromatic rings. The molecule has 2 aliphatic rings. The maximum Gasteiger partial charge on any atom is 0.233 e. The Morgan fingerprint density at radius 3 is 2.78 bits per heavy atom. The number of rotatable bonds is 2. The molecule has 126 valence electrons. The van der Waals surface area contributed by atoms with Crippen molar-refractivity contribution < 1.29 is 14.6 Å². The maximum absolute atomic E-state index is 13.4. The van der Waals surface area contributed by atoms with Crippen molar-refractivity contribution in [3.8, 4) is 0 Å². The zero-order valence-corrected chi connectivity index (χ0v) is 14.3. The molecule has 0 spiro atoms. The zero-order chi connectivity index (χ0) is 16.4. The van der Waals surface area contributed by atoms with E-state index in [0.717, 1.165) is 12.0 Å². The Morgan fingerprint density at radius 1 is 1.39 bits per heavy atom. The number of piperidine rings is 1. The summed E-state index contributed by atoms with van der Waals surface area (Å²) in [5, 5.41) is 10.8. The van der Waals surface area contributed by atoms with E-state index in [9.17, 15) is 9.90 Å². The van der Waals surface area contributed by atoms with Gasteiger partial charge in [-0.25, -0.2) is 0 Å². The molecule has 23 heavy (non-hydrogen) atoms. The number of hydrogen-bond donors (Lipinski definition) is 1. The van der Waals surface area contributed by atoms with Gasteiger partial charge in [0.2, 0.25) is 5.91 Å². The van der Waals surface area contributed by atoms with Gasteiger partial charge in [0.25, 0.3) is 0 Å². The largest absolute Gasteiger partial charge is 0.391 e. The summed E-state index contributed by atoms with van der Waals surface area (Å²) in [6, 6.07) is 7.61. The number of benzene rings is 1. The summed E-state index contributed by atoms with van der Waals surface area (Å²) >= 11 is 6.16. The van der Waals surface area contributed by atoms with Crippen molar-refractivity contribution in [3.05, 3.63) is 34.9 Å². The standard InChI is InChI=1S/C18H24ClNO3/c1-13-5-8-20(12-16(13)21)17(22)18(6-9-23-10-7-18)14-3-2-4-15(19)11-14/h2-4,11,13,16,21H,5-10,12H2,1H3. The van der Waals surface area contributed by atoms with Gasteiger partial charge in [-0.2, -0.15) is 0 Å². The average molecular weight is 338 g/mol. The second-order valence-electron chi connectivity index (χ2n) is 6.79. The first-order valence-corrected chi connectivity index (χ1v) is 8.72. The van der Waals surface area contributed by atoms with E-state index in [1.165, 1.54) is 0 Å². The second-order valence-corrected chi connectivity index (χ2v) is 7.23. The van der Waals surface area contributed by atoms with Gasteiger partial charge in [-0.3, -0.25) is 4.79 Å². The lowest BCUT2D eigenvalue weighted by Gasteiger charge is -2.43. The van der Waals surface area contributed by atoms with Crippen molar-refractivity contribution in [2.75, 3.05) is 26.3 Å². The molecule has 2 heterocycles. The molecule has 2 fully saturated rings. The smallest absolute Gasteiger partial charge is 0.233 e. The summed E-state index contributed by atoms with van der Waals surface area (Å²) in [5.41, 5.74) is 0.384. The summed E-state index contributed by atoms with van der Waals surface area (Å²) in [6.07, 6.45) is 1.72. The highest BCUT2D eigenvalue weighted by Gasteiger charge is 2.45. The molecule has 0 bridgehead atoms. The minimum Gasteiger partial charge on any atom is -0.391 e. The summed E-state index contributed by atoms with van der Waals surface area (Å²) < 4.78 is 5.50. The Bertz CT molecular complexity index is 571. The lowest BCUT2D eigenvalue weighted by Crippen LogP contribution is -2.54. The van der Waals surface area contributed by atoms with Crippen LogP contribution < -0.4 is 0 Å². The predicted octanol–water partition coefficient (Wildman–Crippen LogP) is 2.62. The van der Waals surface area contributed by atoms with Crippen LogP contribution in [0.5, 0.6) is 0 Å². The number of β-amino-alcohol motifs (C(OH)–C–C–N with tert-alkyl or cyclic N) is 1. The van der Waals surface area contributed by atoms with E-state index in [1.807, 2.05) is 36.1 Å². The predicted molar refractivity (Wildman–Crippen MR) is 89.6 cm³/mol. The molecule has 0 radical (unpaired) electrons. The fraction of sp³-hybridized carbons (Fsp3) is 0.611. The number of likely N-dealkylation sites (tertiary alicyclic amines) is 1. The van der Waals surface area contributed by atoms with Crippen molar-refractivity contribution in [1.29, 1.82) is 0 Å². The van der Waals surface area contributed by atoms with E-state index in [-0.39, 0.29) is 11.8 Å². The van der Waals surface area contributed by atoms with E-state index in [2.05, 4.69) is 0 Å². The SMILES string of the molecule is CC1CCN(C(=O)C2(c3cccc(Cl)c3)CCOCC2)CC1O. The molecule has 5 heteroatoms. The summed E-state index contributed by atoms with van der Waals surface area (Å²) in [7, 11) is 0. The molecule has 1 N–H and O–H groups in total. The molecule has 2 saturated heterocycles. The number of carbonyl (C=O) groups excluding carboxylic acids is 1.